The van der Waals surface area contributed by atoms with Crippen LogP contribution in [0, 0.1) is 5.41 Å². The highest BCUT2D eigenvalue weighted by atomic mass is 35.5. The largest absolute Gasteiger partial charge is 0.378 e. The standard InChI is InChI=1S/C24H29Cl3FN7O2S/c1-24(21(29)36)5-2-13(3-6-24)31-20-18(10-30-22(35-20)32-17-4-7-37-11-16(17)28)33-23(38)34-19-14(26)8-12(25)9-15(19)27/h8-10,13,16-17H,2-7,11H2,1H3,(H2,29,36)(H2,33,34,38)(H2,30,31,32,35)/t13?,16-,17-,24?/m1/s1. The number of primary amides is 1. The molecular weight excluding hydrogens is 576 g/mol. The topological polar surface area (TPSA) is 126 Å². The van der Waals surface area contributed by atoms with Gasteiger partial charge in [0.1, 0.15) is 11.9 Å². The molecule has 2 heterocycles. The zero-order chi connectivity index (χ0) is 27.4. The van der Waals surface area contributed by atoms with E-state index in [0.29, 0.717) is 58.1 Å². The Balaban J connectivity index is 1.52. The molecule has 0 unspecified atom stereocenters. The number of aromatic nitrogens is 2. The van der Waals surface area contributed by atoms with Crippen LogP contribution in [-0.4, -0.2) is 52.5 Å². The SMILES string of the molecule is CC1(C(N)=O)CCC(Nc2nc(N[C@@H]3CCOC[C@H]3F)ncc2NC(=S)Nc2c(Cl)cc(Cl)cc2Cl)CC1. The van der Waals surface area contributed by atoms with Gasteiger partial charge in [-0.3, -0.25) is 4.79 Å². The minimum atomic E-state index is -1.17. The van der Waals surface area contributed by atoms with E-state index in [4.69, 9.17) is 57.5 Å². The number of ether oxygens (including phenoxy) is 1. The van der Waals surface area contributed by atoms with Crippen molar-refractivity contribution in [1.82, 2.24) is 9.97 Å². The second-order valence-corrected chi connectivity index (χ2v) is 11.4. The number of hydrogen-bond acceptors (Lipinski definition) is 7. The highest BCUT2D eigenvalue weighted by Crippen LogP contribution is 2.37. The van der Waals surface area contributed by atoms with E-state index in [0.717, 1.165) is 12.8 Å². The molecule has 1 aliphatic carbocycles. The van der Waals surface area contributed by atoms with E-state index in [-0.39, 0.29) is 29.6 Å². The summed E-state index contributed by atoms with van der Waals surface area (Å²) in [4.78, 5) is 20.9. The maximum atomic E-state index is 14.3. The molecule has 0 radical (unpaired) electrons. The van der Waals surface area contributed by atoms with Gasteiger partial charge in [0.05, 0.1) is 34.6 Å². The van der Waals surface area contributed by atoms with Crippen LogP contribution in [0.5, 0.6) is 0 Å². The molecule has 9 nitrogen and oxygen atoms in total. The van der Waals surface area contributed by atoms with Crippen LogP contribution in [0.2, 0.25) is 15.1 Å². The van der Waals surface area contributed by atoms with Gasteiger partial charge in [0.25, 0.3) is 0 Å². The zero-order valence-corrected chi connectivity index (χ0v) is 23.7. The van der Waals surface area contributed by atoms with Crippen molar-refractivity contribution in [1.29, 1.82) is 0 Å². The zero-order valence-electron chi connectivity index (χ0n) is 20.6. The van der Waals surface area contributed by atoms with Gasteiger partial charge in [0, 0.05) is 23.1 Å². The number of nitrogens with two attached hydrogens (primary N) is 1. The molecule has 2 atom stereocenters. The summed E-state index contributed by atoms with van der Waals surface area (Å²) in [6, 6.07) is 2.67. The summed E-state index contributed by atoms with van der Waals surface area (Å²) < 4.78 is 19.5. The Bertz CT molecular complexity index is 1180. The first-order chi connectivity index (χ1) is 18.0. The minimum Gasteiger partial charge on any atom is -0.378 e. The fourth-order valence-corrected chi connectivity index (χ4v) is 5.58. The van der Waals surface area contributed by atoms with Gasteiger partial charge >= 0.3 is 0 Å². The number of anilines is 4. The van der Waals surface area contributed by atoms with Crippen LogP contribution in [0.15, 0.2) is 18.3 Å². The fraction of sp³-hybridized carbons (Fsp3) is 0.500. The maximum Gasteiger partial charge on any atom is 0.225 e. The highest BCUT2D eigenvalue weighted by Gasteiger charge is 2.36. The number of rotatable bonds is 7. The number of carbonyl (C=O) groups is 1. The predicted octanol–water partition coefficient (Wildman–Crippen LogP) is 5.63. The van der Waals surface area contributed by atoms with Gasteiger partial charge < -0.3 is 31.7 Å². The molecule has 1 saturated heterocycles. The smallest absolute Gasteiger partial charge is 0.225 e. The lowest BCUT2D eigenvalue weighted by atomic mass is 9.73. The average molecular weight is 605 g/mol. The number of thiocarbonyl (C=S) groups is 1. The molecule has 1 aromatic heterocycles. The fourth-order valence-electron chi connectivity index (χ4n) is 4.45. The lowest BCUT2D eigenvalue weighted by molar-refractivity contribution is -0.128. The van der Waals surface area contributed by atoms with E-state index >= 15 is 0 Å². The van der Waals surface area contributed by atoms with E-state index in [1.54, 1.807) is 18.3 Å². The Kier molecular flexibility index (Phi) is 9.36. The molecular formula is C24H29Cl3FN7O2S. The normalized spacial score (nSPS) is 25.3. The lowest BCUT2D eigenvalue weighted by Crippen LogP contribution is -2.41. The number of benzene rings is 1. The molecule has 14 heteroatoms. The van der Waals surface area contributed by atoms with Crippen molar-refractivity contribution in [2.24, 2.45) is 11.1 Å². The Morgan fingerprint density at radius 3 is 2.47 bits per heavy atom. The van der Waals surface area contributed by atoms with E-state index < -0.39 is 17.6 Å². The molecule has 2 aromatic rings. The van der Waals surface area contributed by atoms with Gasteiger partial charge in [-0.15, -0.1) is 0 Å². The van der Waals surface area contributed by atoms with Crippen molar-refractivity contribution in [2.45, 2.75) is 57.3 Å². The third-order valence-corrected chi connectivity index (χ3v) is 7.93. The minimum absolute atomic E-state index is 0.0267. The molecule has 206 valence electrons. The van der Waals surface area contributed by atoms with Gasteiger partial charge in [-0.1, -0.05) is 41.7 Å². The summed E-state index contributed by atoms with van der Waals surface area (Å²) in [6.45, 7) is 2.38. The molecule has 1 aromatic carbocycles. The molecule has 4 rings (SSSR count). The average Bonchev–Trinajstić information content (AvgIpc) is 2.86. The molecule has 1 saturated carbocycles. The summed E-state index contributed by atoms with van der Waals surface area (Å²) in [5.74, 6) is 0.447. The second-order valence-electron chi connectivity index (χ2n) is 9.75. The number of alkyl halides is 1. The number of carbonyl (C=O) groups excluding carboxylic acids is 1. The Morgan fingerprint density at radius 1 is 1.16 bits per heavy atom. The Labute approximate surface area is 240 Å². The summed E-state index contributed by atoms with van der Waals surface area (Å²) in [5.41, 5.74) is 5.96. The van der Waals surface area contributed by atoms with Crippen molar-refractivity contribution in [3.63, 3.8) is 0 Å². The van der Waals surface area contributed by atoms with Crippen LogP contribution < -0.4 is 27.0 Å². The maximum absolute atomic E-state index is 14.3. The van der Waals surface area contributed by atoms with Gasteiger partial charge in [0.15, 0.2) is 10.9 Å². The van der Waals surface area contributed by atoms with Gasteiger partial charge in [-0.2, -0.15) is 4.98 Å². The first kappa shape index (κ1) is 28.8. The first-order valence-electron chi connectivity index (χ1n) is 12.2. The molecule has 0 bridgehead atoms. The molecule has 2 aliphatic rings. The van der Waals surface area contributed by atoms with E-state index in [9.17, 15) is 9.18 Å². The second kappa shape index (κ2) is 12.3. The predicted molar refractivity (Wildman–Crippen MR) is 154 cm³/mol. The summed E-state index contributed by atoms with van der Waals surface area (Å²) in [7, 11) is 0. The highest BCUT2D eigenvalue weighted by molar-refractivity contribution is 7.80. The summed E-state index contributed by atoms with van der Waals surface area (Å²) in [5, 5.41) is 13.8. The van der Waals surface area contributed by atoms with Gasteiger partial charge in [0.2, 0.25) is 11.9 Å². The van der Waals surface area contributed by atoms with E-state index in [2.05, 4.69) is 31.2 Å². The molecule has 0 spiro atoms. The molecule has 38 heavy (non-hydrogen) atoms. The lowest BCUT2D eigenvalue weighted by Gasteiger charge is -2.35. The Hall–Kier alpha value is -2.18. The third kappa shape index (κ3) is 7.06. The molecule has 1 amide bonds. The monoisotopic (exact) mass is 603 g/mol. The summed E-state index contributed by atoms with van der Waals surface area (Å²) >= 11 is 24.0. The van der Waals surface area contributed by atoms with Crippen molar-refractivity contribution in [3.05, 3.63) is 33.4 Å². The third-order valence-electron chi connectivity index (χ3n) is 6.91. The van der Waals surface area contributed by atoms with Crippen molar-refractivity contribution >= 4 is 81.2 Å². The van der Waals surface area contributed by atoms with Crippen LogP contribution >= 0.6 is 47.0 Å². The van der Waals surface area contributed by atoms with Crippen LogP contribution in [-0.2, 0) is 9.53 Å². The van der Waals surface area contributed by atoms with Crippen LogP contribution in [0.1, 0.15) is 39.0 Å². The van der Waals surface area contributed by atoms with Gasteiger partial charge in [-0.25, -0.2) is 9.37 Å². The quantitative estimate of drug-likeness (QED) is 0.256. The number of hydrogen-bond donors (Lipinski definition) is 5. The van der Waals surface area contributed by atoms with Crippen LogP contribution in [0.3, 0.4) is 0 Å². The van der Waals surface area contributed by atoms with E-state index in [1.807, 2.05) is 6.92 Å². The first-order valence-corrected chi connectivity index (χ1v) is 13.7. The number of halogens is 4. The number of amides is 1. The van der Waals surface area contributed by atoms with Gasteiger partial charge in [-0.05, 0) is 56.5 Å². The Morgan fingerprint density at radius 2 is 1.84 bits per heavy atom. The molecule has 6 N–H and O–H groups in total. The molecule has 2 fully saturated rings. The van der Waals surface area contributed by atoms with Crippen molar-refractivity contribution in [2.75, 3.05) is 34.5 Å². The van der Waals surface area contributed by atoms with E-state index in [1.165, 1.54) is 0 Å². The summed E-state index contributed by atoms with van der Waals surface area (Å²) in [6.07, 6.45) is 3.62. The number of nitrogens with one attached hydrogen (secondary N) is 4. The van der Waals surface area contributed by atoms with Crippen molar-refractivity contribution < 1.29 is 13.9 Å². The molecule has 1 aliphatic heterocycles. The van der Waals surface area contributed by atoms with Crippen LogP contribution in [0.4, 0.5) is 27.5 Å². The van der Waals surface area contributed by atoms with Crippen LogP contribution in [0.25, 0.3) is 0 Å². The number of nitrogens with zero attached hydrogens (tertiary/aromatic N) is 2. The van der Waals surface area contributed by atoms with Crippen molar-refractivity contribution in [3.8, 4) is 0 Å².